The monoisotopic (exact) mass is 212 g/mol. The molecule has 1 aliphatic carbocycles. The predicted molar refractivity (Wildman–Crippen MR) is 57.4 cm³/mol. The van der Waals surface area contributed by atoms with Crippen LogP contribution in [0.15, 0.2) is 0 Å². The average Bonchev–Trinajstić information content (AvgIpc) is 2.55. The van der Waals surface area contributed by atoms with E-state index >= 15 is 0 Å². The van der Waals surface area contributed by atoms with Crippen molar-refractivity contribution in [2.24, 2.45) is 11.8 Å². The number of rotatable bonds is 5. The van der Waals surface area contributed by atoms with E-state index in [2.05, 4.69) is 11.7 Å². The van der Waals surface area contributed by atoms with Gasteiger partial charge in [-0.1, -0.05) is 19.8 Å². The molecule has 1 saturated carbocycles. The minimum Gasteiger partial charge on any atom is -0.469 e. The Labute approximate surface area is 91.2 Å². The molecule has 1 fully saturated rings. The highest BCUT2D eigenvalue weighted by Crippen LogP contribution is 2.35. The number of ether oxygens (including phenoxy) is 1. The fourth-order valence-corrected chi connectivity index (χ4v) is 2.34. The Hall–Kier alpha value is -0.860. The Morgan fingerprint density at radius 2 is 2.07 bits per heavy atom. The molecule has 0 saturated heterocycles. The summed E-state index contributed by atoms with van der Waals surface area (Å²) in [4.78, 5) is 22.5. The molecule has 1 rings (SSSR count). The second kappa shape index (κ2) is 5.89. The van der Waals surface area contributed by atoms with E-state index in [1.165, 1.54) is 7.11 Å². The molecule has 0 heterocycles. The lowest BCUT2D eigenvalue weighted by Crippen LogP contribution is -2.14. The van der Waals surface area contributed by atoms with Crippen LogP contribution in [-0.4, -0.2) is 18.9 Å². The van der Waals surface area contributed by atoms with E-state index < -0.39 is 0 Å². The first kappa shape index (κ1) is 12.2. The number of carbonyl (C=O) groups excluding carboxylic acids is 2. The van der Waals surface area contributed by atoms with Gasteiger partial charge in [0.25, 0.3) is 0 Å². The number of carbonyl (C=O) groups is 2. The summed E-state index contributed by atoms with van der Waals surface area (Å²) in [5.74, 6) is 0.772. The van der Waals surface area contributed by atoms with E-state index in [4.69, 9.17) is 0 Å². The van der Waals surface area contributed by atoms with Crippen LogP contribution in [0.3, 0.4) is 0 Å². The quantitative estimate of drug-likeness (QED) is 0.657. The molecule has 0 amide bonds. The fraction of sp³-hybridized carbons (Fsp3) is 0.833. The van der Waals surface area contributed by atoms with Gasteiger partial charge < -0.3 is 4.74 Å². The van der Waals surface area contributed by atoms with Crippen LogP contribution >= 0.6 is 0 Å². The van der Waals surface area contributed by atoms with Crippen LogP contribution in [0.2, 0.25) is 0 Å². The molecule has 2 atom stereocenters. The summed E-state index contributed by atoms with van der Waals surface area (Å²) in [7, 11) is 1.40. The summed E-state index contributed by atoms with van der Waals surface area (Å²) >= 11 is 0. The second-order valence-electron chi connectivity index (χ2n) is 4.39. The highest BCUT2D eigenvalue weighted by atomic mass is 16.5. The number of methoxy groups -OCH3 is 1. The Bertz CT molecular complexity index is 235. The Balaban J connectivity index is 2.45. The summed E-state index contributed by atoms with van der Waals surface area (Å²) < 4.78 is 4.65. The minimum absolute atomic E-state index is 0.184. The van der Waals surface area contributed by atoms with Crippen molar-refractivity contribution in [1.29, 1.82) is 0 Å². The fourth-order valence-electron chi connectivity index (χ4n) is 2.34. The van der Waals surface area contributed by atoms with Gasteiger partial charge in [0.15, 0.2) is 0 Å². The molecule has 15 heavy (non-hydrogen) atoms. The molecule has 0 radical (unpaired) electrons. The lowest BCUT2D eigenvalue weighted by Gasteiger charge is -2.16. The smallest absolute Gasteiger partial charge is 0.305 e. The Morgan fingerprint density at radius 1 is 1.40 bits per heavy atom. The third-order valence-electron chi connectivity index (χ3n) is 3.23. The SMILES string of the molecule is CCCC[C@H]1CC(=O)C[C@@H]1CC(=O)OC. The summed E-state index contributed by atoms with van der Waals surface area (Å²) in [5.41, 5.74) is 0. The number of hydrogen-bond donors (Lipinski definition) is 0. The van der Waals surface area contributed by atoms with Gasteiger partial charge in [0.05, 0.1) is 7.11 Å². The molecule has 0 aromatic rings. The van der Waals surface area contributed by atoms with Crippen LogP contribution in [0.25, 0.3) is 0 Å². The van der Waals surface area contributed by atoms with E-state index in [0.717, 1.165) is 19.3 Å². The first-order valence-electron chi connectivity index (χ1n) is 5.75. The summed E-state index contributed by atoms with van der Waals surface area (Å²) in [6, 6.07) is 0. The van der Waals surface area contributed by atoms with Crippen molar-refractivity contribution < 1.29 is 14.3 Å². The van der Waals surface area contributed by atoms with Crippen molar-refractivity contribution in [3.05, 3.63) is 0 Å². The van der Waals surface area contributed by atoms with Gasteiger partial charge in [-0.25, -0.2) is 0 Å². The third-order valence-corrected chi connectivity index (χ3v) is 3.23. The third kappa shape index (κ3) is 3.65. The van der Waals surface area contributed by atoms with Gasteiger partial charge in [-0.05, 0) is 18.3 Å². The molecule has 3 nitrogen and oxygen atoms in total. The maximum Gasteiger partial charge on any atom is 0.305 e. The number of hydrogen-bond acceptors (Lipinski definition) is 3. The van der Waals surface area contributed by atoms with Gasteiger partial charge in [-0.15, -0.1) is 0 Å². The zero-order valence-electron chi connectivity index (χ0n) is 9.62. The van der Waals surface area contributed by atoms with Gasteiger partial charge in [0, 0.05) is 19.3 Å². The van der Waals surface area contributed by atoms with Crippen molar-refractivity contribution in [3.63, 3.8) is 0 Å². The molecule has 3 heteroatoms. The molecular formula is C12H20O3. The van der Waals surface area contributed by atoms with Crippen LogP contribution in [0, 0.1) is 11.8 Å². The molecule has 0 aromatic heterocycles. The van der Waals surface area contributed by atoms with Crippen LogP contribution < -0.4 is 0 Å². The topological polar surface area (TPSA) is 43.4 Å². The van der Waals surface area contributed by atoms with Crippen LogP contribution in [0.4, 0.5) is 0 Å². The average molecular weight is 212 g/mol. The number of Topliss-reactive ketones (excluding diaryl/α,β-unsaturated/α-hetero) is 1. The van der Waals surface area contributed by atoms with Gasteiger partial charge >= 0.3 is 5.97 Å². The Kier molecular flexibility index (Phi) is 4.79. The zero-order valence-corrected chi connectivity index (χ0v) is 9.62. The molecule has 1 aliphatic rings. The first-order chi connectivity index (χ1) is 7.17. The van der Waals surface area contributed by atoms with Gasteiger partial charge in [-0.3, -0.25) is 9.59 Å². The largest absolute Gasteiger partial charge is 0.469 e. The van der Waals surface area contributed by atoms with Crippen LogP contribution in [0.1, 0.15) is 45.4 Å². The summed E-state index contributed by atoms with van der Waals surface area (Å²) in [6.07, 6.45) is 5.02. The van der Waals surface area contributed by atoms with E-state index in [1.54, 1.807) is 0 Å². The number of ketones is 1. The van der Waals surface area contributed by atoms with E-state index in [1.807, 2.05) is 0 Å². The second-order valence-corrected chi connectivity index (χ2v) is 4.39. The van der Waals surface area contributed by atoms with Gasteiger partial charge in [0.2, 0.25) is 0 Å². The van der Waals surface area contributed by atoms with Crippen molar-refractivity contribution in [3.8, 4) is 0 Å². The first-order valence-corrected chi connectivity index (χ1v) is 5.75. The molecular weight excluding hydrogens is 192 g/mol. The van der Waals surface area contributed by atoms with Crippen molar-refractivity contribution in [2.75, 3.05) is 7.11 Å². The van der Waals surface area contributed by atoms with Crippen LogP contribution in [0.5, 0.6) is 0 Å². The number of esters is 1. The van der Waals surface area contributed by atoms with Crippen molar-refractivity contribution >= 4 is 11.8 Å². The standard InChI is InChI=1S/C12H20O3/c1-3-4-5-9-6-11(13)7-10(9)8-12(14)15-2/h9-10H,3-8H2,1-2H3/t9-,10+/m0/s1. The van der Waals surface area contributed by atoms with Crippen LogP contribution in [-0.2, 0) is 14.3 Å². The molecule has 0 N–H and O–H groups in total. The molecule has 0 bridgehead atoms. The van der Waals surface area contributed by atoms with Gasteiger partial charge in [0.1, 0.15) is 5.78 Å². The summed E-state index contributed by atoms with van der Waals surface area (Å²) in [6.45, 7) is 2.14. The Morgan fingerprint density at radius 3 is 2.67 bits per heavy atom. The lowest BCUT2D eigenvalue weighted by atomic mass is 9.89. The van der Waals surface area contributed by atoms with E-state index in [0.29, 0.717) is 31.0 Å². The molecule has 0 unspecified atom stereocenters. The number of unbranched alkanes of at least 4 members (excludes halogenated alkanes) is 1. The molecule has 86 valence electrons. The van der Waals surface area contributed by atoms with Crippen molar-refractivity contribution in [1.82, 2.24) is 0 Å². The van der Waals surface area contributed by atoms with E-state index in [-0.39, 0.29) is 11.9 Å². The molecule has 0 spiro atoms. The normalized spacial score (nSPS) is 25.6. The molecule has 0 aliphatic heterocycles. The summed E-state index contributed by atoms with van der Waals surface area (Å²) in [5, 5.41) is 0. The lowest BCUT2D eigenvalue weighted by molar-refractivity contribution is -0.142. The van der Waals surface area contributed by atoms with E-state index in [9.17, 15) is 9.59 Å². The van der Waals surface area contributed by atoms with Gasteiger partial charge in [-0.2, -0.15) is 0 Å². The zero-order chi connectivity index (χ0) is 11.3. The van der Waals surface area contributed by atoms with Crippen molar-refractivity contribution in [2.45, 2.75) is 45.4 Å². The predicted octanol–water partition coefficient (Wildman–Crippen LogP) is 2.33. The maximum absolute atomic E-state index is 11.3. The highest BCUT2D eigenvalue weighted by molar-refractivity contribution is 5.82. The molecule has 0 aromatic carbocycles. The maximum atomic E-state index is 11.3. The minimum atomic E-state index is -0.184. The highest BCUT2D eigenvalue weighted by Gasteiger charge is 2.33.